The van der Waals surface area contributed by atoms with Gasteiger partial charge in [-0.3, -0.25) is 4.79 Å². The van der Waals surface area contributed by atoms with Crippen molar-refractivity contribution < 1.29 is 9.18 Å². The number of benzene rings is 1. The van der Waals surface area contributed by atoms with E-state index >= 15 is 0 Å². The van der Waals surface area contributed by atoms with Crippen LogP contribution in [0.5, 0.6) is 0 Å². The van der Waals surface area contributed by atoms with Crippen LogP contribution >= 0.6 is 15.9 Å². The van der Waals surface area contributed by atoms with Crippen LogP contribution in [-0.2, 0) is 0 Å². The molecular weight excluding hydrogens is 309 g/mol. The van der Waals surface area contributed by atoms with Crippen molar-refractivity contribution in [3.05, 3.63) is 34.1 Å². The summed E-state index contributed by atoms with van der Waals surface area (Å²) in [6.45, 7) is 0.817. The monoisotopic (exact) mass is 325 g/mol. The van der Waals surface area contributed by atoms with Crippen molar-refractivity contribution in [1.29, 1.82) is 0 Å². The van der Waals surface area contributed by atoms with Gasteiger partial charge in [0.2, 0.25) is 0 Å². The van der Waals surface area contributed by atoms with Crippen LogP contribution in [0.3, 0.4) is 0 Å². The zero-order valence-corrected chi connectivity index (χ0v) is 12.3. The standard InChI is InChI=1S/C15H17BrFNO/c16-13-6-5-11(17)9-12(13)15(19)18-8-7-10-3-1-2-4-14(10)18/h5-6,9-10,14H,1-4,7-8H2. The summed E-state index contributed by atoms with van der Waals surface area (Å²) >= 11 is 3.35. The Balaban J connectivity index is 1.85. The third kappa shape index (κ3) is 2.42. The Labute approximate surface area is 121 Å². The molecule has 1 aromatic rings. The molecule has 1 saturated heterocycles. The lowest BCUT2D eigenvalue weighted by Crippen LogP contribution is -2.39. The maximum Gasteiger partial charge on any atom is 0.255 e. The summed E-state index contributed by atoms with van der Waals surface area (Å²) in [6, 6.07) is 4.68. The minimum Gasteiger partial charge on any atom is -0.335 e. The molecule has 19 heavy (non-hydrogen) atoms. The predicted molar refractivity (Wildman–Crippen MR) is 75.5 cm³/mol. The highest BCUT2D eigenvalue weighted by Crippen LogP contribution is 2.37. The lowest BCUT2D eigenvalue weighted by atomic mass is 9.85. The van der Waals surface area contributed by atoms with Gasteiger partial charge in [0.1, 0.15) is 5.82 Å². The Morgan fingerprint density at radius 3 is 2.89 bits per heavy atom. The van der Waals surface area contributed by atoms with Crippen LogP contribution in [0.2, 0.25) is 0 Å². The number of hydrogen-bond donors (Lipinski definition) is 0. The van der Waals surface area contributed by atoms with E-state index in [0.717, 1.165) is 19.4 Å². The minimum absolute atomic E-state index is 0.0271. The fourth-order valence-corrected chi connectivity index (χ4v) is 3.89. The average molecular weight is 326 g/mol. The fraction of sp³-hybridized carbons (Fsp3) is 0.533. The highest BCUT2D eigenvalue weighted by molar-refractivity contribution is 9.10. The molecule has 2 unspecified atom stereocenters. The van der Waals surface area contributed by atoms with Crippen molar-refractivity contribution in [1.82, 2.24) is 4.90 Å². The molecule has 1 saturated carbocycles. The lowest BCUT2D eigenvalue weighted by Gasteiger charge is -2.31. The van der Waals surface area contributed by atoms with E-state index in [2.05, 4.69) is 15.9 Å². The van der Waals surface area contributed by atoms with E-state index < -0.39 is 0 Å². The molecule has 0 aromatic heterocycles. The molecule has 0 N–H and O–H groups in total. The van der Waals surface area contributed by atoms with Gasteiger partial charge in [-0.1, -0.05) is 12.8 Å². The van der Waals surface area contributed by atoms with Crippen LogP contribution in [0.1, 0.15) is 42.5 Å². The van der Waals surface area contributed by atoms with E-state index in [0.29, 0.717) is 22.0 Å². The zero-order chi connectivity index (χ0) is 13.4. The van der Waals surface area contributed by atoms with Gasteiger partial charge in [0.15, 0.2) is 0 Å². The smallest absolute Gasteiger partial charge is 0.255 e. The van der Waals surface area contributed by atoms with Crippen LogP contribution < -0.4 is 0 Å². The molecule has 4 heteroatoms. The Bertz CT molecular complexity index is 505. The number of carbonyl (C=O) groups is 1. The number of nitrogens with zero attached hydrogens (tertiary/aromatic N) is 1. The molecule has 2 atom stereocenters. The first-order valence-electron chi connectivity index (χ1n) is 6.93. The van der Waals surface area contributed by atoms with Gasteiger partial charge in [-0.15, -0.1) is 0 Å². The molecule has 102 valence electrons. The summed E-state index contributed by atoms with van der Waals surface area (Å²) in [5, 5.41) is 0. The van der Waals surface area contributed by atoms with Crippen molar-refractivity contribution in [3.8, 4) is 0 Å². The second-order valence-corrected chi connectivity index (χ2v) is 6.38. The lowest BCUT2D eigenvalue weighted by molar-refractivity contribution is 0.0688. The molecule has 0 radical (unpaired) electrons. The molecule has 0 bridgehead atoms. The van der Waals surface area contributed by atoms with Gasteiger partial charge in [-0.25, -0.2) is 4.39 Å². The maximum absolute atomic E-state index is 13.3. The van der Waals surface area contributed by atoms with Gasteiger partial charge < -0.3 is 4.90 Å². The summed E-state index contributed by atoms with van der Waals surface area (Å²) in [7, 11) is 0. The molecule has 1 heterocycles. The highest BCUT2D eigenvalue weighted by Gasteiger charge is 2.38. The van der Waals surface area contributed by atoms with Crippen molar-refractivity contribution in [2.24, 2.45) is 5.92 Å². The third-order valence-electron chi connectivity index (χ3n) is 4.43. The SMILES string of the molecule is O=C(c1cc(F)ccc1Br)N1CCC2CCCCC21. The van der Waals surface area contributed by atoms with Gasteiger partial charge >= 0.3 is 0 Å². The first-order valence-corrected chi connectivity index (χ1v) is 7.72. The number of carbonyl (C=O) groups excluding carboxylic acids is 1. The number of hydrogen-bond acceptors (Lipinski definition) is 1. The summed E-state index contributed by atoms with van der Waals surface area (Å²) < 4.78 is 14.0. The maximum atomic E-state index is 13.3. The largest absolute Gasteiger partial charge is 0.335 e. The quantitative estimate of drug-likeness (QED) is 0.764. The van der Waals surface area contributed by atoms with E-state index in [1.165, 1.54) is 31.4 Å². The van der Waals surface area contributed by atoms with Crippen molar-refractivity contribution >= 4 is 21.8 Å². The minimum atomic E-state index is -0.356. The Morgan fingerprint density at radius 2 is 2.05 bits per heavy atom. The van der Waals surface area contributed by atoms with Gasteiger partial charge in [-0.05, 0) is 59.3 Å². The van der Waals surface area contributed by atoms with E-state index in [-0.39, 0.29) is 11.7 Å². The number of likely N-dealkylation sites (tertiary alicyclic amines) is 1. The van der Waals surface area contributed by atoms with Crippen molar-refractivity contribution in [3.63, 3.8) is 0 Å². The van der Waals surface area contributed by atoms with Gasteiger partial charge in [-0.2, -0.15) is 0 Å². The van der Waals surface area contributed by atoms with E-state index in [1.807, 2.05) is 4.90 Å². The second-order valence-electron chi connectivity index (χ2n) is 5.52. The molecule has 2 fully saturated rings. The molecular formula is C15H17BrFNO. The van der Waals surface area contributed by atoms with Gasteiger partial charge in [0, 0.05) is 17.1 Å². The molecule has 1 aliphatic carbocycles. The topological polar surface area (TPSA) is 20.3 Å². The number of amides is 1. The number of halogens is 2. The van der Waals surface area contributed by atoms with Crippen molar-refractivity contribution in [2.75, 3.05) is 6.54 Å². The second kappa shape index (κ2) is 5.23. The Morgan fingerprint density at radius 1 is 1.26 bits per heavy atom. The molecule has 1 amide bonds. The Hall–Kier alpha value is -0.900. The molecule has 2 aliphatic rings. The number of rotatable bonds is 1. The van der Waals surface area contributed by atoms with Crippen LogP contribution in [0, 0.1) is 11.7 Å². The zero-order valence-electron chi connectivity index (χ0n) is 10.7. The van der Waals surface area contributed by atoms with Crippen LogP contribution in [0.4, 0.5) is 4.39 Å². The van der Waals surface area contributed by atoms with Crippen molar-refractivity contribution in [2.45, 2.75) is 38.1 Å². The molecule has 1 aromatic carbocycles. The van der Waals surface area contributed by atoms with Crippen LogP contribution in [0.15, 0.2) is 22.7 Å². The summed E-state index contributed by atoms with van der Waals surface area (Å²) in [5.74, 6) is 0.275. The predicted octanol–water partition coefficient (Wildman–Crippen LogP) is 3.99. The highest BCUT2D eigenvalue weighted by atomic mass is 79.9. The van der Waals surface area contributed by atoms with Crippen LogP contribution in [0.25, 0.3) is 0 Å². The van der Waals surface area contributed by atoms with Crippen LogP contribution in [-0.4, -0.2) is 23.4 Å². The molecule has 2 nitrogen and oxygen atoms in total. The van der Waals surface area contributed by atoms with E-state index in [4.69, 9.17) is 0 Å². The third-order valence-corrected chi connectivity index (χ3v) is 5.12. The summed E-state index contributed by atoms with van der Waals surface area (Å²) in [5.41, 5.74) is 0.450. The first-order chi connectivity index (χ1) is 9.16. The van der Waals surface area contributed by atoms with Gasteiger partial charge in [0.05, 0.1) is 5.56 Å². The first kappa shape index (κ1) is 13.1. The van der Waals surface area contributed by atoms with E-state index in [9.17, 15) is 9.18 Å². The number of fused-ring (bicyclic) bond motifs is 1. The summed E-state index contributed by atoms with van der Waals surface area (Å²) in [6.07, 6.45) is 5.92. The molecule has 0 spiro atoms. The Kier molecular flexibility index (Phi) is 3.61. The summed E-state index contributed by atoms with van der Waals surface area (Å²) in [4.78, 5) is 14.6. The fourth-order valence-electron chi connectivity index (χ4n) is 3.47. The van der Waals surface area contributed by atoms with E-state index in [1.54, 1.807) is 6.07 Å². The molecule has 3 rings (SSSR count). The molecule has 1 aliphatic heterocycles. The average Bonchev–Trinajstić information content (AvgIpc) is 2.84. The van der Waals surface area contributed by atoms with Gasteiger partial charge in [0.25, 0.3) is 5.91 Å². The normalized spacial score (nSPS) is 26.3.